The summed E-state index contributed by atoms with van der Waals surface area (Å²) in [4.78, 5) is 27.6. The van der Waals surface area contributed by atoms with E-state index in [1.54, 1.807) is 42.2 Å². The third-order valence-corrected chi connectivity index (χ3v) is 4.71. The second kappa shape index (κ2) is 7.26. The Morgan fingerprint density at radius 1 is 1.18 bits per heavy atom. The SMILES string of the molecule is Cc1oncc1Cn1cc(N2C(=O)CN(CCc3ccccc3F)C2=O)cn1. The Balaban J connectivity index is 1.44. The van der Waals surface area contributed by atoms with Crippen molar-refractivity contribution in [1.29, 1.82) is 0 Å². The lowest BCUT2D eigenvalue weighted by atomic mass is 10.1. The predicted molar refractivity (Wildman–Crippen MR) is 97.1 cm³/mol. The van der Waals surface area contributed by atoms with Crippen molar-refractivity contribution in [3.63, 3.8) is 0 Å². The van der Waals surface area contributed by atoms with Crippen LogP contribution in [-0.2, 0) is 17.8 Å². The number of rotatable bonds is 6. The van der Waals surface area contributed by atoms with Crippen LogP contribution in [0.1, 0.15) is 16.9 Å². The molecule has 1 fully saturated rings. The van der Waals surface area contributed by atoms with Gasteiger partial charge in [0.05, 0.1) is 24.6 Å². The molecule has 0 radical (unpaired) electrons. The largest absolute Gasteiger partial charge is 0.361 e. The Bertz CT molecular complexity index is 1030. The molecular weight excluding hydrogens is 365 g/mol. The normalized spacial score (nSPS) is 14.4. The number of carbonyl (C=O) groups is 2. The first-order valence-electron chi connectivity index (χ1n) is 8.81. The van der Waals surface area contributed by atoms with Gasteiger partial charge in [0.25, 0.3) is 5.91 Å². The number of aromatic nitrogens is 3. The molecule has 0 aliphatic carbocycles. The van der Waals surface area contributed by atoms with Gasteiger partial charge < -0.3 is 9.42 Å². The highest BCUT2D eigenvalue weighted by Crippen LogP contribution is 2.22. The summed E-state index contributed by atoms with van der Waals surface area (Å²) < 4.78 is 20.4. The minimum Gasteiger partial charge on any atom is -0.361 e. The van der Waals surface area contributed by atoms with Gasteiger partial charge in [0.15, 0.2) is 0 Å². The van der Waals surface area contributed by atoms with Gasteiger partial charge in [0.2, 0.25) is 0 Å². The molecule has 28 heavy (non-hydrogen) atoms. The van der Waals surface area contributed by atoms with Gasteiger partial charge in [-0.15, -0.1) is 0 Å². The molecule has 2 aromatic heterocycles. The van der Waals surface area contributed by atoms with Gasteiger partial charge in [0, 0.05) is 18.3 Å². The summed E-state index contributed by atoms with van der Waals surface area (Å²) in [5, 5.41) is 7.93. The molecule has 4 rings (SSSR count). The van der Waals surface area contributed by atoms with E-state index in [1.165, 1.54) is 17.2 Å². The maximum absolute atomic E-state index is 13.8. The number of benzene rings is 1. The van der Waals surface area contributed by atoms with Crippen molar-refractivity contribution in [2.24, 2.45) is 0 Å². The van der Waals surface area contributed by atoms with Gasteiger partial charge in [0.1, 0.15) is 18.1 Å². The van der Waals surface area contributed by atoms with Crippen molar-refractivity contribution < 1.29 is 18.5 Å². The van der Waals surface area contributed by atoms with Gasteiger partial charge in [-0.2, -0.15) is 5.10 Å². The maximum atomic E-state index is 13.8. The van der Waals surface area contributed by atoms with E-state index in [4.69, 9.17) is 4.52 Å². The molecule has 0 N–H and O–H groups in total. The Kier molecular flexibility index (Phi) is 4.64. The second-order valence-electron chi connectivity index (χ2n) is 6.58. The maximum Gasteiger partial charge on any atom is 0.331 e. The standard InChI is InChI=1S/C19H18FN5O3/c1-13-15(8-22-28-13)10-24-11-16(9-21-24)25-18(26)12-23(19(25)27)7-6-14-4-2-3-5-17(14)20/h2-5,8-9,11H,6-7,10,12H2,1H3. The molecule has 0 unspecified atom stereocenters. The fraction of sp³-hybridized carbons (Fsp3) is 0.263. The van der Waals surface area contributed by atoms with Gasteiger partial charge in [-0.05, 0) is 25.0 Å². The lowest BCUT2D eigenvalue weighted by Crippen LogP contribution is -2.33. The zero-order chi connectivity index (χ0) is 19.7. The van der Waals surface area contributed by atoms with Crippen molar-refractivity contribution in [2.45, 2.75) is 19.9 Å². The van der Waals surface area contributed by atoms with Crippen LogP contribution in [0.2, 0.25) is 0 Å². The van der Waals surface area contributed by atoms with Crippen molar-refractivity contribution in [2.75, 3.05) is 18.0 Å². The van der Waals surface area contributed by atoms with Gasteiger partial charge in [-0.3, -0.25) is 9.48 Å². The molecular formula is C19H18FN5O3. The summed E-state index contributed by atoms with van der Waals surface area (Å²) in [6.07, 6.45) is 5.04. The Morgan fingerprint density at radius 2 is 2.00 bits per heavy atom. The van der Waals surface area contributed by atoms with Gasteiger partial charge >= 0.3 is 6.03 Å². The number of carbonyl (C=O) groups excluding carboxylic acids is 2. The summed E-state index contributed by atoms with van der Waals surface area (Å²) >= 11 is 0. The molecule has 8 nitrogen and oxygen atoms in total. The zero-order valence-corrected chi connectivity index (χ0v) is 15.2. The molecule has 1 aliphatic rings. The Labute approximate surface area is 160 Å². The number of hydrogen-bond acceptors (Lipinski definition) is 5. The molecule has 0 spiro atoms. The van der Waals surface area contributed by atoms with E-state index >= 15 is 0 Å². The number of urea groups is 1. The fourth-order valence-electron chi connectivity index (χ4n) is 3.14. The Hall–Kier alpha value is -3.49. The van der Waals surface area contributed by atoms with Crippen molar-refractivity contribution in [3.05, 3.63) is 65.6 Å². The number of anilines is 1. The molecule has 1 saturated heterocycles. The third-order valence-electron chi connectivity index (χ3n) is 4.71. The second-order valence-corrected chi connectivity index (χ2v) is 6.58. The van der Waals surface area contributed by atoms with Crippen LogP contribution < -0.4 is 4.90 Å². The molecule has 144 valence electrons. The molecule has 0 bridgehead atoms. The summed E-state index contributed by atoms with van der Waals surface area (Å²) in [5.41, 5.74) is 1.77. The zero-order valence-electron chi connectivity index (χ0n) is 15.2. The van der Waals surface area contributed by atoms with E-state index in [0.717, 1.165) is 10.5 Å². The first-order chi connectivity index (χ1) is 13.5. The molecule has 1 aliphatic heterocycles. The number of hydrogen-bond donors (Lipinski definition) is 0. The lowest BCUT2D eigenvalue weighted by Gasteiger charge is -2.16. The van der Waals surface area contributed by atoms with E-state index in [2.05, 4.69) is 10.3 Å². The minimum absolute atomic E-state index is 0.0385. The van der Waals surface area contributed by atoms with Crippen molar-refractivity contribution >= 4 is 17.6 Å². The van der Waals surface area contributed by atoms with Crippen molar-refractivity contribution in [1.82, 2.24) is 19.8 Å². The number of aryl methyl sites for hydroxylation is 1. The third kappa shape index (κ3) is 3.38. The summed E-state index contributed by atoms with van der Waals surface area (Å²) in [6, 6.07) is 5.98. The number of halogens is 1. The van der Waals surface area contributed by atoms with Gasteiger partial charge in [-0.25, -0.2) is 14.1 Å². The number of imide groups is 1. The van der Waals surface area contributed by atoms with Crippen LogP contribution in [0.15, 0.2) is 47.4 Å². The van der Waals surface area contributed by atoms with Crippen LogP contribution >= 0.6 is 0 Å². The quantitative estimate of drug-likeness (QED) is 0.610. The van der Waals surface area contributed by atoms with E-state index in [1.807, 2.05) is 0 Å². The number of nitrogens with zero attached hydrogens (tertiary/aromatic N) is 5. The molecule has 0 atom stereocenters. The first kappa shape index (κ1) is 17.9. The van der Waals surface area contributed by atoms with E-state index in [0.29, 0.717) is 30.0 Å². The average Bonchev–Trinajstić information content (AvgIpc) is 3.36. The average molecular weight is 383 g/mol. The summed E-state index contributed by atoms with van der Waals surface area (Å²) in [7, 11) is 0. The van der Waals surface area contributed by atoms with Crippen LogP contribution in [0, 0.1) is 12.7 Å². The molecule has 9 heteroatoms. The first-order valence-corrected chi connectivity index (χ1v) is 8.81. The molecule has 3 aromatic rings. The molecule has 1 aromatic carbocycles. The highest BCUT2D eigenvalue weighted by atomic mass is 19.1. The van der Waals surface area contributed by atoms with Crippen LogP contribution in [0.5, 0.6) is 0 Å². The van der Waals surface area contributed by atoms with Gasteiger partial charge in [-0.1, -0.05) is 23.4 Å². The van der Waals surface area contributed by atoms with Crippen LogP contribution in [0.4, 0.5) is 14.9 Å². The lowest BCUT2D eigenvalue weighted by molar-refractivity contribution is -0.116. The molecule has 0 saturated carbocycles. The topological polar surface area (TPSA) is 84.5 Å². The van der Waals surface area contributed by atoms with E-state index < -0.39 is 6.03 Å². The molecule has 3 heterocycles. The van der Waals surface area contributed by atoms with Crippen molar-refractivity contribution in [3.8, 4) is 0 Å². The Morgan fingerprint density at radius 3 is 2.75 bits per heavy atom. The fourth-order valence-corrected chi connectivity index (χ4v) is 3.14. The smallest absolute Gasteiger partial charge is 0.331 e. The highest BCUT2D eigenvalue weighted by molar-refractivity contribution is 6.19. The summed E-state index contributed by atoms with van der Waals surface area (Å²) in [5.74, 6) is 0.0339. The van der Waals surface area contributed by atoms with E-state index in [-0.39, 0.29) is 24.8 Å². The van der Waals surface area contributed by atoms with Crippen LogP contribution in [-0.4, -0.2) is 44.9 Å². The highest BCUT2D eigenvalue weighted by Gasteiger charge is 2.37. The molecule has 3 amide bonds. The van der Waals surface area contributed by atoms with Crippen LogP contribution in [0.25, 0.3) is 0 Å². The number of amides is 3. The monoisotopic (exact) mass is 383 g/mol. The minimum atomic E-state index is -0.429. The van der Waals surface area contributed by atoms with Crippen LogP contribution in [0.3, 0.4) is 0 Å². The predicted octanol–water partition coefficient (Wildman–Crippen LogP) is 2.38. The van der Waals surface area contributed by atoms with E-state index in [9.17, 15) is 14.0 Å². The summed E-state index contributed by atoms with van der Waals surface area (Å²) in [6.45, 7) is 2.44.